The summed E-state index contributed by atoms with van der Waals surface area (Å²) in [5, 5.41) is 1.21. The third-order valence-corrected chi connectivity index (χ3v) is 4.10. The molecule has 1 aromatic heterocycles. The van der Waals surface area contributed by atoms with E-state index < -0.39 is 0 Å². The fourth-order valence-corrected chi connectivity index (χ4v) is 2.82. The van der Waals surface area contributed by atoms with Gasteiger partial charge in [0.05, 0.1) is 11.2 Å². The fourth-order valence-electron chi connectivity index (χ4n) is 2.82. The zero-order chi connectivity index (χ0) is 13.2. The lowest BCUT2D eigenvalue weighted by molar-refractivity contribution is 0.156. The highest BCUT2D eigenvalue weighted by atomic mass is 35.5. The molecule has 5 heteroatoms. The van der Waals surface area contributed by atoms with E-state index >= 15 is 0 Å². The first-order valence-corrected chi connectivity index (χ1v) is 7.05. The van der Waals surface area contributed by atoms with Crippen molar-refractivity contribution in [3.05, 3.63) is 42.1 Å². The summed E-state index contributed by atoms with van der Waals surface area (Å²) in [6.07, 6.45) is 1.09. The van der Waals surface area contributed by atoms with Gasteiger partial charge in [-0.1, -0.05) is 31.2 Å². The van der Waals surface area contributed by atoms with Gasteiger partial charge in [0.1, 0.15) is 0 Å². The molecule has 2 unspecified atom stereocenters. The third-order valence-electron chi connectivity index (χ3n) is 4.10. The molecule has 21 heavy (non-hydrogen) atoms. The van der Waals surface area contributed by atoms with Gasteiger partial charge in [0.15, 0.2) is 0 Å². The van der Waals surface area contributed by atoms with Gasteiger partial charge in [-0.2, -0.15) is 0 Å². The van der Waals surface area contributed by atoms with Crippen LogP contribution in [0.2, 0.25) is 0 Å². The van der Waals surface area contributed by atoms with Gasteiger partial charge in [-0.25, -0.2) is 0 Å². The lowest BCUT2D eigenvalue weighted by atomic mass is 9.95. The minimum atomic E-state index is 0. The van der Waals surface area contributed by atoms with E-state index in [9.17, 15) is 0 Å². The minimum absolute atomic E-state index is 0. The number of piperidine rings is 1. The molecule has 1 aliphatic heterocycles. The maximum absolute atomic E-state index is 6.07. The summed E-state index contributed by atoms with van der Waals surface area (Å²) in [7, 11) is 0. The van der Waals surface area contributed by atoms with E-state index in [0.717, 1.165) is 37.3 Å². The number of nitrogens with two attached hydrogens (primary N) is 1. The minimum Gasteiger partial charge on any atom is -0.327 e. The van der Waals surface area contributed by atoms with Gasteiger partial charge < -0.3 is 5.73 Å². The number of rotatable bonds is 2. The van der Waals surface area contributed by atoms with Crippen molar-refractivity contribution in [1.29, 1.82) is 0 Å². The average Bonchev–Trinajstić information content (AvgIpc) is 2.43. The van der Waals surface area contributed by atoms with Crippen molar-refractivity contribution in [2.45, 2.75) is 25.9 Å². The normalized spacial score (nSPS) is 22.4. The molecule has 2 atom stereocenters. The third kappa shape index (κ3) is 4.30. The number of nitrogens with zero attached hydrogens (tertiary/aromatic N) is 2. The van der Waals surface area contributed by atoms with Crippen LogP contribution in [-0.4, -0.2) is 29.0 Å². The molecule has 116 valence electrons. The molecule has 0 amide bonds. The zero-order valence-electron chi connectivity index (χ0n) is 12.2. The standard InChI is InChI=1S/C16H21N3.2ClH/c1-12-10-19(9-8-15(12)17)11-14-7-6-13-4-2-3-5-16(13)18-14;;/h2-7,12,15H,8-11,17H2,1H3;2*1H. The summed E-state index contributed by atoms with van der Waals surface area (Å²) in [6, 6.07) is 12.9. The van der Waals surface area contributed by atoms with Crippen LogP contribution < -0.4 is 5.73 Å². The van der Waals surface area contributed by atoms with Crippen LogP contribution in [0, 0.1) is 5.92 Å². The molecule has 1 saturated heterocycles. The molecule has 0 radical (unpaired) electrons. The predicted octanol–water partition coefficient (Wildman–Crippen LogP) is 3.25. The van der Waals surface area contributed by atoms with Crippen LogP contribution in [0.15, 0.2) is 36.4 Å². The predicted molar refractivity (Wildman–Crippen MR) is 93.3 cm³/mol. The molecule has 0 aliphatic carbocycles. The van der Waals surface area contributed by atoms with Gasteiger partial charge >= 0.3 is 0 Å². The van der Waals surface area contributed by atoms with Crippen molar-refractivity contribution in [3.8, 4) is 0 Å². The maximum Gasteiger partial charge on any atom is 0.0705 e. The van der Waals surface area contributed by atoms with E-state index in [2.05, 4.69) is 42.2 Å². The lowest BCUT2D eigenvalue weighted by Crippen LogP contribution is -2.45. The quantitative estimate of drug-likeness (QED) is 0.920. The number of benzene rings is 1. The van der Waals surface area contributed by atoms with Crippen LogP contribution >= 0.6 is 24.8 Å². The Morgan fingerprint density at radius 2 is 1.95 bits per heavy atom. The molecule has 3 nitrogen and oxygen atoms in total. The summed E-state index contributed by atoms with van der Waals surface area (Å²) < 4.78 is 0. The number of likely N-dealkylation sites (tertiary alicyclic amines) is 1. The van der Waals surface area contributed by atoms with Crippen molar-refractivity contribution in [1.82, 2.24) is 9.88 Å². The van der Waals surface area contributed by atoms with Gasteiger partial charge in [0, 0.05) is 31.1 Å². The summed E-state index contributed by atoms with van der Waals surface area (Å²) in [6.45, 7) is 5.34. The lowest BCUT2D eigenvalue weighted by Gasteiger charge is -2.34. The molecule has 2 N–H and O–H groups in total. The second kappa shape index (κ2) is 7.95. The Morgan fingerprint density at radius 3 is 2.71 bits per heavy atom. The summed E-state index contributed by atoms with van der Waals surface area (Å²) in [4.78, 5) is 7.20. The van der Waals surface area contributed by atoms with Crippen LogP contribution in [0.3, 0.4) is 0 Å². The molecule has 0 bridgehead atoms. The van der Waals surface area contributed by atoms with Crippen molar-refractivity contribution in [3.63, 3.8) is 0 Å². The molecule has 3 rings (SSSR count). The highest BCUT2D eigenvalue weighted by Gasteiger charge is 2.23. The Hall–Kier alpha value is -0.870. The number of para-hydroxylation sites is 1. The van der Waals surface area contributed by atoms with E-state index in [4.69, 9.17) is 10.7 Å². The first-order valence-electron chi connectivity index (χ1n) is 7.05. The molecule has 2 aromatic rings. The number of hydrogen-bond donors (Lipinski definition) is 1. The van der Waals surface area contributed by atoms with Crippen LogP contribution in [0.4, 0.5) is 0 Å². The molecule has 0 spiro atoms. The van der Waals surface area contributed by atoms with Gasteiger partial charge in [-0.15, -0.1) is 24.8 Å². The Labute approximate surface area is 138 Å². The average molecular weight is 328 g/mol. The van der Waals surface area contributed by atoms with E-state index in [1.54, 1.807) is 0 Å². The first-order chi connectivity index (χ1) is 9.22. The smallest absolute Gasteiger partial charge is 0.0705 e. The highest BCUT2D eigenvalue weighted by Crippen LogP contribution is 2.18. The van der Waals surface area contributed by atoms with Crippen molar-refractivity contribution >= 4 is 35.7 Å². The summed E-state index contributed by atoms with van der Waals surface area (Å²) in [5.41, 5.74) is 8.30. The molecule has 1 aromatic carbocycles. The Bertz CT molecular complexity index is 576. The number of aromatic nitrogens is 1. The Kier molecular flexibility index (Phi) is 6.88. The van der Waals surface area contributed by atoms with E-state index in [1.165, 1.54) is 5.39 Å². The second-order valence-electron chi connectivity index (χ2n) is 5.66. The van der Waals surface area contributed by atoms with Crippen LogP contribution in [0.25, 0.3) is 10.9 Å². The molecule has 1 fully saturated rings. The van der Waals surface area contributed by atoms with Crippen LogP contribution in [0.1, 0.15) is 19.0 Å². The van der Waals surface area contributed by atoms with Crippen molar-refractivity contribution in [2.24, 2.45) is 11.7 Å². The Morgan fingerprint density at radius 1 is 1.19 bits per heavy atom. The van der Waals surface area contributed by atoms with E-state index in [-0.39, 0.29) is 24.8 Å². The number of halogens is 2. The van der Waals surface area contributed by atoms with Crippen LogP contribution in [-0.2, 0) is 6.54 Å². The topological polar surface area (TPSA) is 42.2 Å². The van der Waals surface area contributed by atoms with Gasteiger partial charge in [-0.3, -0.25) is 9.88 Å². The largest absolute Gasteiger partial charge is 0.327 e. The van der Waals surface area contributed by atoms with E-state index in [1.807, 2.05) is 6.07 Å². The van der Waals surface area contributed by atoms with Gasteiger partial charge in [0.2, 0.25) is 0 Å². The SMILES string of the molecule is CC1CN(Cc2ccc3ccccc3n2)CCC1N.Cl.Cl. The van der Waals surface area contributed by atoms with Gasteiger partial charge in [-0.05, 0) is 24.5 Å². The zero-order valence-corrected chi connectivity index (χ0v) is 13.9. The number of fused-ring (bicyclic) bond motifs is 1. The fraction of sp³-hybridized carbons (Fsp3) is 0.438. The molecule has 1 aliphatic rings. The highest BCUT2D eigenvalue weighted by molar-refractivity contribution is 5.85. The molecule has 0 saturated carbocycles. The molecule has 2 heterocycles. The van der Waals surface area contributed by atoms with Crippen molar-refractivity contribution in [2.75, 3.05) is 13.1 Å². The first kappa shape index (κ1) is 18.2. The summed E-state index contributed by atoms with van der Waals surface area (Å²) >= 11 is 0. The molecular formula is C16H23Cl2N3. The Balaban J connectivity index is 0.00000110. The monoisotopic (exact) mass is 327 g/mol. The summed E-state index contributed by atoms with van der Waals surface area (Å²) in [5.74, 6) is 0.578. The number of hydrogen-bond acceptors (Lipinski definition) is 3. The van der Waals surface area contributed by atoms with Crippen LogP contribution in [0.5, 0.6) is 0 Å². The molecular weight excluding hydrogens is 305 g/mol. The second-order valence-corrected chi connectivity index (χ2v) is 5.66. The van der Waals surface area contributed by atoms with E-state index in [0.29, 0.717) is 12.0 Å². The number of pyridine rings is 1. The maximum atomic E-state index is 6.07. The van der Waals surface area contributed by atoms with Crippen molar-refractivity contribution < 1.29 is 0 Å². The van der Waals surface area contributed by atoms with Gasteiger partial charge in [0.25, 0.3) is 0 Å².